The molecule has 0 bridgehead atoms. The highest BCUT2D eigenvalue weighted by molar-refractivity contribution is 5.98. The number of H-pyrrole nitrogens is 1. The molecule has 1 aromatic heterocycles. The molecule has 0 aliphatic carbocycles. The van der Waals surface area contributed by atoms with Gasteiger partial charge in [0.25, 0.3) is 5.75 Å². The van der Waals surface area contributed by atoms with Crippen molar-refractivity contribution < 1.29 is 58.4 Å². The number of hydrogen-bond donors (Lipinski definition) is 12. The second-order valence-corrected chi connectivity index (χ2v) is 18.9. The Kier molecular flexibility index (Phi) is 22.7. The number of aromatic hydroxyl groups is 1. The lowest BCUT2D eigenvalue weighted by Crippen LogP contribution is -2.61. The molecule has 1 fully saturated rings. The van der Waals surface area contributed by atoms with Crippen LogP contribution >= 0.6 is 0 Å². The fourth-order valence-corrected chi connectivity index (χ4v) is 8.42. The lowest BCUT2D eigenvalue weighted by Gasteiger charge is -2.31. The Morgan fingerprint density at radius 3 is 1.87 bits per heavy atom. The molecule has 0 radical (unpaired) electrons. The van der Waals surface area contributed by atoms with Crippen molar-refractivity contribution >= 4 is 64.7 Å². The van der Waals surface area contributed by atoms with Gasteiger partial charge in [0.15, 0.2) is 5.96 Å². The SMILES string of the molecule is CNCC(=O)N[C@@H](CCCN=C(N)N)C(=O)N[C@H](C(=O)N[C@@H](Cc1cc([N+](=O)[O-])c(O)c([N+](=O)[O-])c1)C(=O)N[C@H](C(=O)N[C@@H](Cc1cnc[nH]1)C(=O)N1CCC[C@@H]1C(=O)N[C@@H](Cc1ccccc1)C(=O)O)C(C)C)C(C)C. The number of likely N-dealkylation sites (N-methyl/N-ethyl adjacent to an activating group) is 1. The van der Waals surface area contributed by atoms with Crippen molar-refractivity contribution in [3.8, 4) is 5.75 Å². The molecule has 29 nitrogen and oxygen atoms in total. The summed E-state index contributed by atoms with van der Waals surface area (Å²) in [6.45, 7) is 6.16. The monoisotopic (exact) mass is 1080 g/mol. The molecule has 0 unspecified atom stereocenters. The summed E-state index contributed by atoms with van der Waals surface area (Å²) in [7, 11) is 1.51. The minimum absolute atomic E-state index is 0.0112. The highest BCUT2D eigenvalue weighted by Gasteiger charge is 2.41. The van der Waals surface area contributed by atoms with Gasteiger partial charge in [-0.2, -0.15) is 0 Å². The van der Waals surface area contributed by atoms with Crippen molar-refractivity contribution in [1.82, 2.24) is 52.1 Å². The molecule has 0 spiro atoms. The number of likely N-dealkylation sites (tertiary alicyclic amines) is 1. The topological polar surface area (TPSA) is 444 Å². The number of phenolic OH excluding ortho intramolecular Hbond substituents is 1. The number of aliphatic carboxylic acids is 1. The number of rotatable bonds is 29. The molecule has 77 heavy (non-hydrogen) atoms. The van der Waals surface area contributed by atoms with E-state index >= 15 is 0 Å². The molecular weight excluding hydrogens is 1010 g/mol. The predicted octanol–water partition coefficient (Wildman–Crippen LogP) is -1.47. The number of hydrogen-bond acceptors (Lipinski definition) is 16. The average molecular weight is 1080 g/mol. The van der Waals surface area contributed by atoms with Crippen LogP contribution < -0.4 is 48.7 Å². The van der Waals surface area contributed by atoms with E-state index in [0.29, 0.717) is 17.7 Å². The normalized spacial score (nSPS) is 15.4. The van der Waals surface area contributed by atoms with Crippen molar-refractivity contribution in [3.63, 3.8) is 0 Å². The zero-order valence-electron chi connectivity index (χ0n) is 43.1. The summed E-state index contributed by atoms with van der Waals surface area (Å²) in [6.07, 6.45) is 2.51. The summed E-state index contributed by atoms with van der Waals surface area (Å²) >= 11 is 0. The molecular formula is C48H67N15O14. The van der Waals surface area contributed by atoms with E-state index < -0.39 is 135 Å². The van der Waals surface area contributed by atoms with Crippen molar-refractivity contribution in [1.29, 1.82) is 0 Å². The number of aromatic amines is 1. The fourth-order valence-electron chi connectivity index (χ4n) is 8.42. The quantitative estimate of drug-likeness (QED) is 0.0124. The van der Waals surface area contributed by atoms with Crippen LogP contribution in [0.15, 0.2) is 60.0 Å². The second kappa shape index (κ2) is 28.8. The van der Waals surface area contributed by atoms with Crippen molar-refractivity contribution in [2.45, 2.75) is 115 Å². The number of carbonyl (C=O) groups excluding carboxylic acids is 7. The fraction of sp³-hybridized carbons (Fsp3) is 0.500. The van der Waals surface area contributed by atoms with Crippen LogP contribution in [-0.4, -0.2) is 157 Å². The molecule has 14 N–H and O–H groups in total. The van der Waals surface area contributed by atoms with Crippen molar-refractivity contribution in [2.75, 3.05) is 26.7 Å². The number of carboxylic acids is 1. The first-order valence-corrected chi connectivity index (χ1v) is 24.6. The Morgan fingerprint density at radius 2 is 1.35 bits per heavy atom. The van der Waals surface area contributed by atoms with E-state index in [9.17, 15) is 68.8 Å². The van der Waals surface area contributed by atoms with E-state index in [1.807, 2.05) is 0 Å². The highest BCUT2D eigenvalue weighted by Crippen LogP contribution is 2.37. The average Bonchev–Trinajstić information content (AvgIpc) is 4.09. The van der Waals surface area contributed by atoms with Gasteiger partial charge in [0.2, 0.25) is 41.4 Å². The summed E-state index contributed by atoms with van der Waals surface area (Å²) in [5.74, 6) is -10.2. The van der Waals surface area contributed by atoms with Gasteiger partial charge < -0.3 is 68.8 Å². The van der Waals surface area contributed by atoms with Crippen LogP contribution in [0, 0.1) is 32.1 Å². The van der Waals surface area contributed by atoms with E-state index in [-0.39, 0.29) is 63.3 Å². The Labute approximate surface area is 441 Å². The number of benzene rings is 2. The number of amides is 7. The number of nitrogens with one attached hydrogen (secondary N) is 8. The summed E-state index contributed by atoms with van der Waals surface area (Å²) in [5, 5.41) is 62.4. The summed E-state index contributed by atoms with van der Waals surface area (Å²) in [4.78, 5) is 144. The second-order valence-electron chi connectivity index (χ2n) is 18.9. The third-order valence-electron chi connectivity index (χ3n) is 12.4. The van der Waals surface area contributed by atoms with Gasteiger partial charge >= 0.3 is 17.3 Å². The minimum Gasteiger partial charge on any atom is -0.497 e. The maximum atomic E-state index is 14.6. The minimum atomic E-state index is -1.83. The first kappa shape index (κ1) is 60.8. The molecule has 0 saturated carbocycles. The molecule has 29 heteroatoms. The molecule has 2 aromatic carbocycles. The number of phenols is 1. The molecule has 2 heterocycles. The lowest BCUT2D eigenvalue weighted by molar-refractivity contribution is -0.396. The van der Waals surface area contributed by atoms with Crippen LogP contribution in [0.25, 0.3) is 0 Å². The molecule has 3 aromatic rings. The smallest absolute Gasteiger partial charge is 0.326 e. The van der Waals surface area contributed by atoms with Crippen molar-refractivity contribution in [2.24, 2.45) is 28.3 Å². The Hall–Kier alpha value is -8.76. The van der Waals surface area contributed by atoms with Gasteiger partial charge in [0.1, 0.15) is 42.3 Å². The van der Waals surface area contributed by atoms with Crippen LogP contribution in [0.5, 0.6) is 5.75 Å². The highest BCUT2D eigenvalue weighted by atomic mass is 16.6. The molecule has 1 aliphatic heterocycles. The number of aromatic nitrogens is 2. The number of aliphatic imine (C=N–C) groups is 1. The predicted molar refractivity (Wildman–Crippen MR) is 275 cm³/mol. The van der Waals surface area contributed by atoms with Gasteiger partial charge in [-0.25, -0.2) is 9.78 Å². The van der Waals surface area contributed by atoms with Gasteiger partial charge in [-0.15, -0.1) is 0 Å². The number of nitro groups is 2. The number of carbonyl (C=O) groups is 8. The Morgan fingerprint density at radius 1 is 0.779 bits per heavy atom. The first-order chi connectivity index (χ1) is 36.4. The number of imidazole rings is 1. The summed E-state index contributed by atoms with van der Waals surface area (Å²) in [5.41, 5.74) is 9.37. The summed E-state index contributed by atoms with van der Waals surface area (Å²) in [6, 6.07) is 0.227. The van der Waals surface area contributed by atoms with Crippen LogP contribution in [-0.2, 0) is 57.6 Å². The Balaban J connectivity index is 1.66. The van der Waals surface area contributed by atoms with Crippen LogP contribution in [0.3, 0.4) is 0 Å². The number of nitrogens with zero attached hydrogens (tertiary/aromatic N) is 5. The van der Waals surface area contributed by atoms with E-state index in [1.54, 1.807) is 58.0 Å². The van der Waals surface area contributed by atoms with E-state index in [0.717, 1.165) is 12.1 Å². The van der Waals surface area contributed by atoms with Crippen molar-refractivity contribution in [3.05, 3.63) is 92.0 Å². The van der Waals surface area contributed by atoms with Gasteiger partial charge in [0, 0.05) is 56.4 Å². The molecule has 418 valence electrons. The molecule has 4 rings (SSSR count). The van der Waals surface area contributed by atoms with Crippen LogP contribution in [0.4, 0.5) is 11.4 Å². The maximum Gasteiger partial charge on any atom is 0.326 e. The van der Waals surface area contributed by atoms with Gasteiger partial charge in [-0.05, 0) is 55.7 Å². The molecule has 1 saturated heterocycles. The number of nitrogens with two attached hydrogens (primary N) is 2. The first-order valence-electron chi connectivity index (χ1n) is 24.6. The Bertz CT molecular complexity index is 2590. The third kappa shape index (κ3) is 18.0. The number of guanidine groups is 1. The molecule has 7 amide bonds. The zero-order valence-corrected chi connectivity index (χ0v) is 43.1. The maximum absolute atomic E-state index is 14.6. The van der Waals surface area contributed by atoms with E-state index in [1.165, 1.54) is 24.5 Å². The number of carboxylic acid groups (broad SMARTS) is 1. The third-order valence-corrected chi connectivity index (χ3v) is 12.4. The molecule has 7 atom stereocenters. The lowest BCUT2D eigenvalue weighted by atomic mass is 9.98. The number of nitro benzene ring substituents is 2. The van der Waals surface area contributed by atoms with Gasteiger partial charge in [-0.1, -0.05) is 58.0 Å². The molecule has 1 aliphatic rings. The van der Waals surface area contributed by atoms with E-state index in [4.69, 9.17) is 11.5 Å². The van der Waals surface area contributed by atoms with Gasteiger partial charge in [0.05, 0.1) is 22.7 Å². The standard InChI is InChI=1S/C48H67N15O14/c1-25(2)38(59-41(66)30(55-37(64)23-51-5)13-9-15-53-48(49)50)44(69)56-31(18-28-19-35(62(74)75)40(65)36(20-28)63(76)77)42(67)60-39(26(3)4)45(70)57-32(21-29-22-52-24-54-29)46(71)61-16-10-14-34(61)43(68)58-33(47(72)73)17-27-11-7-6-8-12-27/h6-8,11-12,19-20,22,24-26,30-34,38-39,51,65H,9-10,13-18,21,23H2,1-5H3,(H,52,54)(H,55,64)(H,56,69)(H,57,70)(H,58,68)(H,59,66)(H,60,67)(H,72,73)(H4,49,50,53)/t30-,31-,32-,33-,34+,38-,39-/m0/s1. The van der Waals surface area contributed by atoms with Gasteiger partial charge in [-0.3, -0.25) is 58.8 Å². The summed E-state index contributed by atoms with van der Waals surface area (Å²) < 4.78 is 0. The largest absolute Gasteiger partial charge is 0.497 e. The van der Waals surface area contributed by atoms with E-state index in [2.05, 4.69) is 52.2 Å². The van der Waals surface area contributed by atoms with Crippen LogP contribution in [0.1, 0.15) is 70.2 Å². The zero-order chi connectivity index (χ0) is 57.1. The van der Waals surface area contributed by atoms with Crippen LogP contribution in [0.2, 0.25) is 0 Å².